The molecule has 8 heteroatoms. The second kappa shape index (κ2) is 13.7. The molecular weight excluding hydrogens is 519 g/mol. The molecule has 0 fully saturated rings. The normalized spacial score (nSPS) is 11.9. The molecule has 0 aliphatic carbocycles. The lowest BCUT2D eigenvalue weighted by Crippen LogP contribution is -2.29. The fraction of sp³-hybridized carbons (Fsp3) is 0.212. The van der Waals surface area contributed by atoms with Crippen molar-refractivity contribution in [2.45, 2.75) is 32.0 Å². The molecule has 0 spiro atoms. The van der Waals surface area contributed by atoms with Crippen molar-refractivity contribution in [1.29, 1.82) is 0 Å². The second-order valence-corrected chi connectivity index (χ2v) is 9.84. The van der Waals surface area contributed by atoms with Crippen LogP contribution in [0.5, 0.6) is 5.75 Å². The van der Waals surface area contributed by atoms with Crippen LogP contribution in [0.2, 0.25) is 0 Å². The molecule has 1 amide bonds. The molecule has 3 N–H and O–H groups in total. The highest BCUT2D eigenvalue weighted by Gasteiger charge is 2.17. The maximum absolute atomic E-state index is 14.0. The highest BCUT2D eigenvalue weighted by molar-refractivity contribution is 6.03. The number of nitrogens with zero attached hydrogens (tertiary/aromatic N) is 2. The van der Waals surface area contributed by atoms with Gasteiger partial charge < -0.3 is 25.0 Å². The van der Waals surface area contributed by atoms with Crippen molar-refractivity contribution in [3.05, 3.63) is 126 Å². The summed E-state index contributed by atoms with van der Waals surface area (Å²) >= 11 is 0. The number of ether oxygens (including phenoxy) is 1. The van der Waals surface area contributed by atoms with Crippen LogP contribution in [0.4, 0.5) is 10.1 Å². The summed E-state index contributed by atoms with van der Waals surface area (Å²) in [7, 11) is 0. The minimum Gasteiger partial charge on any atom is -0.489 e. The topological polar surface area (TPSA) is 88.4 Å². The average molecular weight is 553 g/mol. The molecular formula is C33H33FN4O3. The SMILES string of the molecule is O=C(CNCc1cncn1C(CCCO)c1cccc(F)c1)Nc1cccc2ccc(OCc3ccccc3)cc12. The average Bonchev–Trinajstić information content (AvgIpc) is 3.45. The molecule has 41 heavy (non-hydrogen) atoms. The lowest BCUT2D eigenvalue weighted by molar-refractivity contribution is -0.115. The number of carbonyl (C=O) groups excluding carboxylic acids is 1. The van der Waals surface area contributed by atoms with Crippen LogP contribution in [0, 0.1) is 5.82 Å². The number of fused-ring (bicyclic) bond motifs is 1. The molecule has 1 heterocycles. The third kappa shape index (κ3) is 7.36. The zero-order valence-electron chi connectivity index (χ0n) is 22.7. The van der Waals surface area contributed by atoms with E-state index in [-0.39, 0.29) is 30.9 Å². The summed E-state index contributed by atoms with van der Waals surface area (Å²) in [6.45, 7) is 0.989. The maximum atomic E-state index is 14.0. The lowest BCUT2D eigenvalue weighted by Gasteiger charge is -2.22. The number of carbonyl (C=O) groups is 1. The van der Waals surface area contributed by atoms with Gasteiger partial charge in [-0.05, 0) is 59.7 Å². The van der Waals surface area contributed by atoms with Crippen LogP contribution in [0.25, 0.3) is 10.8 Å². The first-order valence-corrected chi connectivity index (χ1v) is 13.7. The largest absolute Gasteiger partial charge is 0.489 e. The van der Waals surface area contributed by atoms with Gasteiger partial charge in [-0.1, -0.05) is 60.7 Å². The molecule has 0 aliphatic heterocycles. The molecule has 4 aromatic carbocycles. The minimum absolute atomic E-state index is 0.0447. The molecule has 1 aromatic heterocycles. The van der Waals surface area contributed by atoms with Crippen LogP contribution < -0.4 is 15.4 Å². The van der Waals surface area contributed by atoms with E-state index in [1.54, 1.807) is 18.6 Å². The molecule has 5 rings (SSSR count). The van der Waals surface area contributed by atoms with Crippen molar-refractivity contribution in [3.63, 3.8) is 0 Å². The molecule has 1 unspecified atom stereocenters. The van der Waals surface area contributed by atoms with E-state index >= 15 is 0 Å². The maximum Gasteiger partial charge on any atom is 0.238 e. The summed E-state index contributed by atoms with van der Waals surface area (Å²) < 4.78 is 21.9. The number of benzene rings is 4. The number of rotatable bonds is 13. The predicted octanol–water partition coefficient (Wildman–Crippen LogP) is 5.84. The second-order valence-electron chi connectivity index (χ2n) is 9.84. The first-order valence-electron chi connectivity index (χ1n) is 13.7. The molecule has 0 aliphatic rings. The van der Waals surface area contributed by atoms with Gasteiger partial charge in [-0.3, -0.25) is 4.79 Å². The number of aliphatic hydroxyl groups is 1. The summed E-state index contributed by atoms with van der Waals surface area (Å²) in [5.74, 6) is 0.237. The number of anilines is 1. The highest BCUT2D eigenvalue weighted by atomic mass is 19.1. The Morgan fingerprint density at radius 2 is 1.85 bits per heavy atom. The van der Waals surface area contributed by atoms with E-state index in [4.69, 9.17) is 4.74 Å². The van der Waals surface area contributed by atoms with Gasteiger partial charge >= 0.3 is 0 Å². The summed E-state index contributed by atoms with van der Waals surface area (Å²) in [4.78, 5) is 17.2. The predicted molar refractivity (Wildman–Crippen MR) is 158 cm³/mol. The Bertz CT molecular complexity index is 1590. The smallest absolute Gasteiger partial charge is 0.238 e. The van der Waals surface area contributed by atoms with E-state index in [9.17, 15) is 14.3 Å². The molecule has 0 radical (unpaired) electrons. The van der Waals surface area contributed by atoms with E-state index in [0.717, 1.165) is 33.3 Å². The zero-order chi connectivity index (χ0) is 28.4. The van der Waals surface area contributed by atoms with Gasteiger partial charge in [0, 0.05) is 30.4 Å². The molecule has 7 nitrogen and oxygen atoms in total. The van der Waals surface area contributed by atoms with Gasteiger partial charge in [0.1, 0.15) is 18.2 Å². The fourth-order valence-electron chi connectivity index (χ4n) is 4.90. The number of hydrogen-bond acceptors (Lipinski definition) is 5. The number of aromatic nitrogens is 2. The Morgan fingerprint density at radius 1 is 1.00 bits per heavy atom. The van der Waals surface area contributed by atoms with Gasteiger partial charge in [-0.25, -0.2) is 9.37 Å². The first kappa shape index (κ1) is 28.0. The van der Waals surface area contributed by atoms with E-state index in [2.05, 4.69) is 15.6 Å². The van der Waals surface area contributed by atoms with Crippen LogP contribution in [-0.2, 0) is 17.9 Å². The van der Waals surface area contributed by atoms with Crippen LogP contribution in [0.3, 0.4) is 0 Å². The molecule has 5 aromatic rings. The number of hydrogen-bond donors (Lipinski definition) is 3. The van der Waals surface area contributed by atoms with E-state index < -0.39 is 0 Å². The Balaban J connectivity index is 1.22. The molecule has 0 bridgehead atoms. The summed E-state index contributed by atoms with van der Waals surface area (Å²) in [6, 6.07) is 27.9. The number of imidazole rings is 1. The Labute approximate surface area is 238 Å². The standard InChI is InChI=1S/C33H33FN4O3/c34-27-11-4-10-26(17-27)32(13-6-16-39)38-23-36-20-28(38)19-35-21-33(40)37-31-12-5-9-25-14-15-29(18-30(25)31)41-22-24-7-2-1-3-8-24/h1-5,7-12,14-15,17-18,20,23,32,35,39H,6,13,16,19,21-22H2,(H,37,40). The summed E-state index contributed by atoms with van der Waals surface area (Å²) in [6.07, 6.45) is 4.63. The molecule has 0 saturated carbocycles. The van der Waals surface area contributed by atoms with Gasteiger partial charge in [0.2, 0.25) is 5.91 Å². The van der Waals surface area contributed by atoms with Crippen molar-refractivity contribution >= 4 is 22.4 Å². The number of aliphatic hydroxyl groups excluding tert-OH is 1. The first-order chi connectivity index (χ1) is 20.1. The van der Waals surface area contributed by atoms with Crippen molar-refractivity contribution < 1.29 is 19.0 Å². The van der Waals surface area contributed by atoms with Gasteiger partial charge in [0.05, 0.1) is 24.6 Å². The third-order valence-corrected chi connectivity index (χ3v) is 6.92. The quantitative estimate of drug-likeness (QED) is 0.171. The number of nitrogens with one attached hydrogen (secondary N) is 2. The monoisotopic (exact) mass is 552 g/mol. The van der Waals surface area contributed by atoms with E-state index in [1.807, 2.05) is 77.4 Å². The van der Waals surface area contributed by atoms with Crippen LogP contribution in [0.1, 0.15) is 35.7 Å². The van der Waals surface area contributed by atoms with E-state index in [0.29, 0.717) is 31.7 Å². The van der Waals surface area contributed by atoms with Crippen LogP contribution in [0.15, 0.2) is 104 Å². The van der Waals surface area contributed by atoms with Gasteiger partial charge in [0.15, 0.2) is 0 Å². The fourth-order valence-corrected chi connectivity index (χ4v) is 4.90. The number of amides is 1. The Kier molecular flexibility index (Phi) is 9.36. The third-order valence-electron chi connectivity index (χ3n) is 6.92. The molecule has 0 saturated heterocycles. The van der Waals surface area contributed by atoms with Crippen molar-refractivity contribution in [1.82, 2.24) is 14.9 Å². The molecule has 1 atom stereocenters. The van der Waals surface area contributed by atoms with E-state index in [1.165, 1.54) is 12.1 Å². The van der Waals surface area contributed by atoms with Gasteiger partial charge in [-0.15, -0.1) is 0 Å². The van der Waals surface area contributed by atoms with Crippen molar-refractivity contribution in [2.75, 3.05) is 18.5 Å². The molecule has 210 valence electrons. The van der Waals surface area contributed by atoms with Gasteiger partial charge in [-0.2, -0.15) is 0 Å². The number of halogens is 1. The van der Waals surface area contributed by atoms with Crippen molar-refractivity contribution in [3.8, 4) is 5.75 Å². The van der Waals surface area contributed by atoms with Crippen LogP contribution >= 0.6 is 0 Å². The van der Waals surface area contributed by atoms with Crippen LogP contribution in [-0.4, -0.2) is 33.7 Å². The summed E-state index contributed by atoms with van der Waals surface area (Å²) in [5.41, 5.74) is 3.45. The minimum atomic E-state index is -0.309. The lowest BCUT2D eigenvalue weighted by atomic mass is 10.0. The summed E-state index contributed by atoms with van der Waals surface area (Å²) in [5, 5.41) is 17.5. The zero-order valence-corrected chi connectivity index (χ0v) is 22.7. The van der Waals surface area contributed by atoms with Gasteiger partial charge in [0.25, 0.3) is 0 Å². The Morgan fingerprint density at radius 3 is 2.68 bits per heavy atom. The Hall–Kier alpha value is -4.53. The van der Waals surface area contributed by atoms with Crippen molar-refractivity contribution in [2.24, 2.45) is 0 Å². The highest BCUT2D eigenvalue weighted by Crippen LogP contribution is 2.28.